The molecule has 4 aliphatic rings. The van der Waals surface area contributed by atoms with Gasteiger partial charge < -0.3 is 19.1 Å². The average Bonchev–Trinajstić information content (AvgIpc) is 3.53. The first-order valence-electron chi connectivity index (χ1n) is 12.7. The first-order valence-corrected chi connectivity index (χ1v) is 14.6. The Morgan fingerprint density at radius 3 is 2.32 bits per heavy atom. The minimum absolute atomic E-state index is 0.0735. The molecule has 2 aliphatic carbocycles. The monoisotopic (exact) mass is 492 g/mol. The van der Waals surface area contributed by atoms with Crippen LogP contribution in [-0.2, 0) is 19.3 Å². The highest BCUT2D eigenvalue weighted by Crippen LogP contribution is 2.42. The van der Waals surface area contributed by atoms with Crippen LogP contribution in [0.2, 0.25) is 0 Å². The summed E-state index contributed by atoms with van der Waals surface area (Å²) in [4.78, 5) is 18.9. The van der Waals surface area contributed by atoms with Gasteiger partial charge in [-0.2, -0.15) is 0 Å². The standard InChI is InChI=1S/C25H36N2O6S/c1-15-21-11-4-17(27(21)25(28)33-20-9-10-20)14-23(15)32-19-7-5-18(6-8-19)31-22-12-13-24(26-16(22)2)34(3,29)30/h12-13,15,17-21,23H,4-11,14H2,1-3H3/t15?,17-,18?,19?,21+,23-/m0/s1. The van der Waals surface area contributed by atoms with Gasteiger partial charge in [-0.05, 0) is 76.8 Å². The van der Waals surface area contributed by atoms with Crippen molar-refractivity contribution < 1.29 is 27.4 Å². The van der Waals surface area contributed by atoms with Gasteiger partial charge in [-0.15, -0.1) is 0 Å². The van der Waals surface area contributed by atoms with E-state index in [1.807, 2.05) is 4.90 Å². The predicted molar refractivity (Wildman–Crippen MR) is 126 cm³/mol. The van der Waals surface area contributed by atoms with Crippen molar-refractivity contribution in [2.45, 2.75) is 113 Å². The van der Waals surface area contributed by atoms with Crippen LogP contribution in [0.4, 0.5) is 4.79 Å². The molecule has 188 valence electrons. The van der Waals surface area contributed by atoms with Crippen molar-refractivity contribution in [2.24, 2.45) is 5.92 Å². The number of sulfone groups is 1. The maximum atomic E-state index is 12.6. The number of hydrogen-bond acceptors (Lipinski definition) is 7. The molecule has 0 aromatic carbocycles. The van der Waals surface area contributed by atoms with E-state index in [-0.39, 0.29) is 47.6 Å². The summed E-state index contributed by atoms with van der Waals surface area (Å²) in [6.07, 6.45) is 10.3. The number of fused-ring (bicyclic) bond motifs is 2. The lowest BCUT2D eigenvalue weighted by Gasteiger charge is -2.44. The fourth-order valence-electron chi connectivity index (χ4n) is 5.81. The van der Waals surface area contributed by atoms with Gasteiger partial charge in [0.15, 0.2) is 14.9 Å². The number of aryl methyl sites for hydroxylation is 1. The van der Waals surface area contributed by atoms with Crippen LogP contribution in [0.5, 0.6) is 5.75 Å². The molecule has 34 heavy (non-hydrogen) atoms. The minimum Gasteiger partial charge on any atom is -0.489 e. The number of nitrogens with zero attached hydrogens (tertiary/aromatic N) is 2. The van der Waals surface area contributed by atoms with E-state index in [2.05, 4.69) is 11.9 Å². The number of piperidine rings is 1. The molecule has 3 heterocycles. The van der Waals surface area contributed by atoms with E-state index in [1.54, 1.807) is 13.0 Å². The van der Waals surface area contributed by atoms with E-state index in [4.69, 9.17) is 14.2 Å². The van der Waals surface area contributed by atoms with Crippen LogP contribution < -0.4 is 4.74 Å². The molecular formula is C25H36N2O6S. The molecule has 0 spiro atoms. The Hall–Kier alpha value is -1.87. The van der Waals surface area contributed by atoms with Gasteiger partial charge in [0, 0.05) is 24.3 Å². The summed E-state index contributed by atoms with van der Waals surface area (Å²) in [5.74, 6) is 0.953. The van der Waals surface area contributed by atoms with Crippen molar-refractivity contribution in [1.82, 2.24) is 9.88 Å². The summed E-state index contributed by atoms with van der Waals surface area (Å²) >= 11 is 0. The molecule has 0 N–H and O–H groups in total. The highest BCUT2D eigenvalue weighted by molar-refractivity contribution is 7.90. The minimum atomic E-state index is -3.33. The first kappa shape index (κ1) is 23.9. The number of pyridine rings is 1. The lowest BCUT2D eigenvalue weighted by molar-refractivity contribution is -0.103. The maximum absolute atomic E-state index is 12.6. The smallest absolute Gasteiger partial charge is 0.410 e. The molecule has 1 aromatic rings. The summed E-state index contributed by atoms with van der Waals surface area (Å²) in [5, 5.41) is 0.0735. The Labute approximate surface area is 202 Å². The second-order valence-electron chi connectivity index (χ2n) is 10.6. The fraction of sp³-hybridized carbons (Fsp3) is 0.760. The second kappa shape index (κ2) is 9.30. The molecule has 8 nitrogen and oxygen atoms in total. The van der Waals surface area contributed by atoms with E-state index in [1.165, 1.54) is 6.07 Å². The Morgan fingerprint density at radius 1 is 1.00 bits per heavy atom. The first-order chi connectivity index (χ1) is 16.2. The Balaban J connectivity index is 1.12. The number of carbonyl (C=O) groups excluding carboxylic acids is 1. The van der Waals surface area contributed by atoms with Crippen LogP contribution in [0.15, 0.2) is 17.2 Å². The van der Waals surface area contributed by atoms with Crippen LogP contribution in [0.1, 0.15) is 70.4 Å². The number of amides is 1. The number of rotatable bonds is 6. The third-order valence-electron chi connectivity index (χ3n) is 7.92. The predicted octanol–water partition coefficient (Wildman–Crippen LogP) is 4.04. The molecule has 1 amide bonds. The van der Waals surface area contributed by atoms with Gasteiger partial charge in [0.1, 0.15) is 11.9 Å². The molecule has 2 bridgehead atoms. The van der Waals surface area contributed by atoms with E-state index in [9.17, 15) is 13.2 Å². The highest BCUT2D eigenvalue weighted by atomic mass is 32.2. The van der Waals surface area contributed by atoms with Gasteiger partial charge in [0.25, 0.3) is 0 Å². The zero-order valence-corrected chi connectivity index (χ0v) is 21.1. The van der Waals surface area contributed by atoms with Gasteiger partial charge in [-0.3, -0.25) is 0 Å². The lowest BCUT2D eigenvalue weighted by Crippen LogP contribution is -2.54. The number of hydrogen-bond donors (Lipinski definition) is 0. The summed E-state index contributed by atoms with van der Waals surface area (Å²) in [5.41, 5.74) is 0.595. The van der Waals surface area contributed by atoms with Crippen LogP contribution in [0, 0.1) is 12.8 Å². The van der Waals surface area contributed by atoms with Gasteiger partial charge in [0.05, 0.1) is 24.0 Å². The SMILES string of the molecule is Cc1nc(S(C)(=O)=O)ccc1OC1CCC(O[C@H]2C[C@@H]3CC[C@H](C2C)N3C(=O)OC2CC2)CC1. The Bertz CT molecular complexity index is 1020. The van der Waals surface area contributed by atoms with E-state index >= 15 is 0 Å². The van der Waals surface area contributed by atoms with Crippen molar-refractivity contribution in [3.63, 3.8) is 0 Å². The van der Waals surface area contributed by atoms with Crippen LogP contribution in [0.25, 0.3) is 0 Å². The number of carbonyl (C=O) groups is 1. The summed E-state index contributed by atoms with van der Waals surface area (Å²) < 4.78 is 41.8. The largest absolute Gasteiger partial charge is 0.489 e. The summed E-state index contributed by atoms with van der Waals surface area (Å²) in [6.45, 7) is 4.00. The van der Waals surface area contributed by atoms with Gasteiger partial charge >= 0.3 is 6.09 Å². The van der Waals surface area contributed by atoms with E-state index in [0.29, 0.717) is 17.4 Å². The molecule has 4 atom stereocenters. The zero-order chi connectivity index (χ0) is 24.0. The fourth-order valence-corrected chi connectivity index (χ4v) is 6.43. The van der Waals surface area contributed by atoms with Gasteiger partial charge in [-0.1, -0.05) is 6.92 Å². The summed E-state index contributed by atoms with van der Waals surface area (Å²) in [7, 11) is -3.33. The second-order valence-corrected chi connectivity index (χ2v) is 12.5. The molecule has 4 fully saturated rings. The zero-order valence-electron chi connectivity index (χ0n) is 20.3. The van der Waals surface area contributed by atoms with Crippen LogP contribution >= 0.6 is 0 Å². The Morgan fingerprint density at radius 2 is 1.68 bits per heavy atom. The molecule has 1 unspecified atom stereocenters. The van der Waals surface area contributed by atoms with E-state index in [0.717, 1.165) is 64.0 Å². The molecule has 2 saturated heterocycles. The number of ether oxygens (including phenoxy) is 3. The molecule has 2 saturated carbocycles. The van der Waals surface area contributed by atoms with Crippen molar-refractivity contribution in [1.29, 1.82) is 0 Å². The quantitative estimate of drug-likeness (QED) is 0.591. The molecule has 0 radical (unpaired) electrons. The average molecular weight is 493 g/mol. The van der Waals surface area contributed by atoms with Gasteiger partial charge in [-0.25, -0.2) is 18.2 Å². The summed E-state index contributed by atoms with van der Waals surface area (Å²) in [6, 6.07) is 3.68. The van der Waals surface area contributed by atoms with Crippen molar-refractivity contribution in [2.75, 3.05) is 6.26 Å². The van der Waals surface area contributed by atoms with Crippen molar-refractivity contribution in [3.05, 3.63) is 17.8 Å². The maximum Gasteiger partial charge on any atom is 0.410 e. The molecule has 5 rings (SSSR count). The van der Waals surface area contributed by atoms with Crippen molar-refractivity contribution in [3.8, 4) is 5.75 Å². The Kier molecular flexibility index (Phi) is 6.52. The topological polar surface area (TPSA) is 95.0 Å². The molecular weight excluding hydrogens is 456 g/mol. The lowest BCUT2D eigenvalue weighted by atomic mass is 9.88. The molecule has 1 aromatic heterocycles. The molecule has 2 aliphatic heterocycles. The number of aromatic nitrogens is 1. The third kappa shape index (κ3) is 5.05. The highest BCUT2D eigenvalue weighted by Gasteiger charge is 2.50. The van der Waals surface area contributed by atoms with Crippen LogP contribution in [-0.4, -0.2) is 67.2 Å². The van der Waals surface area contributed by atoms with Gasteiger partial charge in [0.2, 0.25) is 0 Å². The van der Waals surface area contributed by atoms with E-state index < -0.39 is 9.84 Å². The molecule has 9 heteroatoms. The van der Waals surface area contributed by atoms with Crippen LogP contribution in [0.3, 0.4) is 0 Å². The normalized spacial score (nSPS) is 33.6. The van der Waals surface area contributed by atoms with Crippen molar-refractivity contribution >= 4 is 15.9 Å². The third-order valence-corrected chi connectivity index (χ3v) is 8.91.